The molecule has 0 radical (unpaired) electrons. The Morgan fingerprint density at radius 1 is 0.645 bits per heavy atom. The first-order valence-corrected chi connectivity index (χ1v) is 7.25. The summed E-state index contributed by atoms with van der Waals surface area (Å²) in [6, 6.07) is -0.832. The highest BCUT2D eigenvalue weighted by Gasteiger charge is 2.87. The molecule has 0 saturated heterocycles. The Bertz CT molecular complexity index is 761. The molecule has 0 N–H and O–H groups in total. The van der Waals surface area contributed by atoms with Gasteiger partial charge in [0, 0.05) is 0 Å². The van der Waals surface area contributed by atoms with E-state index in [1.807, 2.05) is 0 Å². The molecule has 1 nitrogen and oxygen atoms in total. The fraction of sp³-hybridized carbons (Fsp3) is 0.467. The Hall–Kier alpha value is -2.29. The van der Waals surface area contributed by atoms with Crippen LogP contribution in [0.25, 0.3) is 5.57 Å². The van der Waals surface area contributed by atoms with E-state index in [-0.39, 0.29) is 0 Å². The zero-order valence-electron chi connectivity index (χ0n) is 14.4. The second-order valence-electron chi connectivity index (χ2n) is 5.95. The van der Waals surface area contributed by atoms with Gasteiger partial charge in [-0.1, -0.05) is 12.2 Å². The van der Waals surface area contributed by atoms with Gasteiger partial charge in [-0.15, -0.1) is 0 Å². The van der Waals surface area contributed by atoms with Gasteiger partial charge in [-0.25, -0.2) is 0 Å². The molecule has 16 heteroatoms. The Labute approximate surface area is 162 Å². The monoisotopic (exact) mass is 488 g/mol. The third-order valence-corrected chi connectivity index (χ3v) is 3.65. The van der Waals surface area contributed by atoms with Gasteiger partial charge >= 0.3 is 36.5 Å². The quantitative estimate of drug-likeness (QED) is 0.399. The van der Waals surface area contributed by atoms with Gasteiger partial charge in [-0.2, -0.15) is 65.9 Å². The van der Waals surface area contributed by atoms with Crippen molar-refractivity contribution < 1.29 is 70.6 Å². The average molecular weight is 488 g/mol. The molecule has 0 unspecified atom stereocenters. The van der Waals surface area contributed by atoms with Crippen LogP contribution < -0.4 is 4.74 Å². The van der Waals surface area contributed by atoms with Crippen molar-refractivity contribution in [2.45, 2.75) is 43.4 Å². The molecule has 31 heavy (non-hydrogen) atoms. The normalized spacial score (nSPS) is 14.6. The average Bonchev–Trinajstić information content (AvgIpc) is 2.45. The molecule has 0 aliphatic rings. The molecule has 178 valence electrons. The highest BCUT2D eigenvalue weighted by molar-refractivity contribution is 5.66. The maximum atomic E-state index is 13.2. The third-order valence-electron chi connectivity index (χ3n) is 3.65. The van der Waals surface area contributed by atoms with E-state index in [0.29, 0.717) is 0 Å². The van der Waals surface area contributed by atoms with Crippen LogP contribution in [0.2, 0.25) is 0 Å². The predicted octanol–water partition coefficient (Wildman–Crippen LogP) is 7.56. The van der Waals surface area contributed by atoms with Gasteiger partial charge < -0.3 is 4.74 Å². The van der Waals surface area contributed by atoms with Gasteiger partial charge in [0.25, 0.3) is 0 Å². The molecule has 0 amide bonds. The summed E-state index contributed by atoms with van der Waals surface area (Å²) in [6.45, 7) is 3.80. The summed E-state index contributed by atoms with van der Waals surface area (Å²) in [5.74, 6) is -3.35. The van der Waals surface area contributed by atoms with E-state index >= 15 is 0 Å². The maximum absolute atomic E-state index is 13.2. The Morgan fingerprint density at radius 2 is 0.935 bits per heavy atom. The molecular formula is C15H7F15O. The van der Waals surface area contributed by atoms with E-state index in [0.717, 1.165) is 6.92 Å². The number of hydrogen-bond acceptors (Lipinski definition) is 1. The lowest BCUT2D eigenvalue weighted by Crippen LogP contribution is -2.70. The molecule has 0 atom stereocenters. The van der Waals surface area contributed by atoms with Crippen molar-refractivity contribution in [2.75, 3.05) is 0 Å². The van der Waals surface area contributed by atoms with E-state index in [4.69, 9.17) is 0 Å². The molecule has 1 aromatic carbocycles. The fourth-order valence-corrected chi connectivity index (χ4v) is 2.22. The number of alkyl halides is 15. The van der Waals surface area contributed by atoms with Crippen molar-refractivity contribution >= 4 is 5.57 Å². The van der Waals surface area contributed by atoms with Crippen molar-refractivity contribution in [1.82, 2.24) is 0 Å². The summed E-state index contributed by atoms with van der Waals surface area (Å²) >= 11 is 0. The number of ether oxygens (including phenoxy) is 1. The zero-order chi connectivity index (χ0) is 25.0. The Balaban J connectivity index is 4.22. The largest absolute Gasteiger partial charge is 0.461 e. The number of allylic oxidation sites excluding steroid dienone is 1. The van der Waals surface area contributed by atoms with Crippen LogP contribution in [0.5, 0.6) is 5.75 Å². The summed E-state index contributed by atoms with van der Waals surface area (Å²) in [7, 11) is 0. The molecule has 0 aliphatic heterocycles. The summed E-state index contributed by atoms with van der Waals surface area (Å²) in [4.78, 5) is 0. The van der Waals surface area contributed by atoms with Crippen molar-refractivity contribution in [1.29, 1.82) is 0 Å². The van der Waals surface area contributed by atoms with Crippen LogP contribution >= 0.6 is 0 Å². The topological polar surface area (TPSA) is 9.23 Å². The SMILES string of the molecule is C=C(C)c1cc(C(F)(F)F)c(OC(C(F)(F)F)(C(F)(F)F)C(F)(F)F)c(C(F)(F)F)c1. The van der Waals surface area contributed by atoms with Crippen LogP contribution in [0.4, 0.5) is 65.9 Å². The summed E-state index contributed by atoms with van der Waals surface area (Å²) in [5, 5.41) is 0. The van der Waals surface area contributed by atoms with Crippen LogP contribution in [-0.2, 0) is 12.4 Å². The van der Waals surface area contributed by atoms with E-state index < -0.39 is 76.6 Å². The van der Waals surface area contributed by atoms with Gasteiger partial charge in [0.05, 0.1) is 11.1 Å². The zero-order valence-corrected chi connectivity index (χ0v) is 14.4. The van der Waals surface area contributed by atoms with Crippen LogP contribution in [0.15, 0.2) is 18.7 Å². The van der Waals surface area contributed by atoms with Gasteiger partial charge in [0.15, 0.2) is 0 Å². The van der Waals surface area contributed by atoms with Crippen LogP contribution in [-0.4, -0.2) is 24.1 Å². The van der Waals surface area contributed by atoms with Crippen molar-refractivity contribution in [3.63, 3.8) is 0 Å². The minimum absolute atomic E-state index is 0.416. The summed E-state index contributed by atoms with van der Waals surface area (Å²) in [5.41, 5.74) is -15.0. The first kappa shape index (κ1) is 26.7. The lowest BCUT2D eigenvalue weighted by atomic mass is 9.97. The maximum Gasteiger partial charge on any atom is 0.447 e. The number of rotatable bonds is 3. The number of hydrogen-bond donors (Lipinski definition) is 0. The van der Waals surface area contributed by atoms with Crippen molar-refractivity contribution in [2.24, 2.45) is 0 Å². The number of halogens is 15. The first-order valence-electron chi connectivity index (χ1n) is 7.25. The molecule has 1 aromatic rings. The second kappa shape index (κ2) is 7.39. The summed E-state index contributed by atoms with van der Waals surface area (Å²) < 4.78 is 199. The van der Waals surface area contributed by atoms with E-state index in [1.165, 1.54) is 0 Å². The second-order valence-corrected chi connectivity index (χ2v) is 5.95. The lowest BCUT2D eigenvalue weighted by molar-refractivity contribution is -0.437. The highest BCUT2D eigenvalue weighted by atomic mass is 19.4. The van der Waals surface area contributed by atoms with E-state index in [9.17, 15) is 65.9 Å². The fourth-order valence-electron chi connectivity index (χ4n) is 2.22. The molecule has 0 aliphatic carbocycles. The predicted molar refractivity (Wildman–Crippen MR) is 72.7 cm³/mol. The molecule has 0 fully saturated rings. The van der Waals surface area contributed by atoms with E-state index in [1.54, 1.807) is 0 Å². The lowest BCUT2D eigenvalue weighted by Gasteiger charge is -2.39. The molecule has 0 saturated carbocycles. The molecule has 0 aromatic heterocycles. The molecule has 0 spiro atoms. The molecule has 0 heterocycles. The first-order chi connectivity index (χ1) is 13.4. The minimum Gasteiger partial charge on any atom is -0.461 e. The van der Waals surface area contributed by atoms with Crippen LogP contribution in [0.3, 0.4) is 0 Å². The Kier molecular flexibility index (Phi) is 6.38. The molecular weight excluding hydrogens is 481 g/mol. The van der Waals surface area contributed by atoms with Crippen molar-refractivity contribution in [3.05, 3.63) is 35.4 Å². The van der Waals surface area contributed by atoms with Gasteiger partial charge in [-0.05, 0) is 24.6 Å². The van der Waals surface area contributed by atoms with Crippen LogP contribution in [0, 0.1) is 0 Å². The summed E-state index contributed by atoms with van der Waals surface area (Å²) in [6.07, 6.45) is -35.0. The third kappa shape index (κ3) is 4.81. The number of benzene rings is 1. The molecule has 1 rings (SSSR count). The molecule has 0 bridgehead atoms. The van der Waals surface area contributed by atoms with Gasteiger partial charge in [-0.3, -0.25) is 0 Å². The van der Waals surface area contributed by atoms with E-state index in [2.05, 4.69) is 11.3 Å². The van der Waals surface area contributed by atoms with Gasteiger partial charge in [0.2, 0.25) is 0 Å². The standard InChI is InChI=1S/C15H7F15O/c1-5(2)6-3-7(10(16,17)18)9(8(4-6)11(19,20)21)31-12(13(22,23)24,14(25,26)27)15(28,29)30/h3-4H,1H2,2H3. The minimum atomic E-state index is -7.57. The van der Waals surface area contributed by atoms with Crippen LogP contribution in [0.1, 0.15) is 23.6 Å². The highest BCUT2D eigenvalue weighted by Crippen LogP contribution is 2.57. The Morgan fingerprint density at radius 3 is 1.13 bits per heavy atom. The van der Waals surface area contributed by atoms with Gasteiger partial charge in [0.1, 0.15) is 5.75 Å². The smallest absolute Gasteiger partial charge is 0.447 e. The van der Waals surface area contributed by atoms with Crippen molar-refractivity contribution in [3.8, 4) is 5.75 Å².